The third-order valence-electron chi connectivity index (χ3n) is 3.68. The van der Waals surface area contributed by atoms with Gasteiger partial charge in [0.25, 0.3) is 0 Å². The van der Waals surface area contributed by atoms with Crippen molar-refractivity contribution in [2.45, 2.75) is 25.7 Å². The van der Waals surface area contributed by atoms with E-state index in [1.54, 1.807) is 30.5 Å². The zero-order valence-corrected chi connectivity index (χ0v) is 16.5. The van der Waals surface area contributed by atoms with E-state index in [9.17, 15) is 4.79 Å². The molecule has 0 radical (unpaired) electrons. The molecule has 0 saturated carbocycles. The highest BCUT2D eigenvalue weighted by molar-refractivity contribution is 6.27. The quantitative estimate of drug-likeness (QED) is 0.347. The number of pyridine rings is 1. The van der Waals surface area contributed by atoms with Gasteiger partial charge in [0.2, 0.25) is 11.7 Å². The predicted octanol–water partition coefficient (Wildman–Crippen LogP) is 2.56. The summed E-state index contributed by atoms with van der Waals surface area (Å²) in [6.07, 6.45) is 7.56. The summed E-state index contributed by atoms with van der Waals surface area (Å²) in [7, 11) is 4.17. The number of carbonyl (C=O) groups is 3. The molecule has 2 heterocycles. The molecule has 0 unspecified atom stereocenters. The summed E-state index contributed by atoms with van der Waals surface area (Å²) in [6, 6.07) is 6.77. The molecular weight excluding hydrogens is 380 g/mol. The number of carboxylic acids is 2. The monoisotopic (exact) mass is 406 g/mol. The number of hydrogen-bond acceptors (Lipinski definition) is 7. The molecule has 0 aromatic carbocycles. The minimum atomic E-state index is -1.82. The number of aliphatic carboxylic acids is 2. The predicted molar refractivity (Wildman–Crippen MR) is 104 cm³/mol. The Morgan fingerprint density at radius 2 is 1.72 bits per heavy atom. The van der Waals surface area contributed by atoms with Crippen LogP contribution in [0, 0.1) is 0 Å². The highest BCUT2D eigenvalue weighted by atomic mass is 16.5. The van der Waals surface area contributed by atoms with Gasteiger partial charge in [-0.1, -0.05) is 12.8 Å². The molecule has 0 saturated heterocycles. The molecule has 158 valence electrons. The van der Waals surface area contributed by atoms with Crippen LogP contribution in [0.1, 0.15) is 41.8 Å². The van der Waals surface area contributed by atoms with E-state index in [2.05, 4.69) is 24.0 Å². The van der Waals surface area contributed by atoms with E-state index >= 15 is 0 Å². The molecule has 0 fully saturated rings. The third-order valence-corrected chi connectivity index (χ3v) is 3.68. The first-order valence-electron chi connectivity index (χ1n) is 9.10. The molecule has 9 nitrogen and oxygen atoms in total. The third kappa shape index (κ3) is 9.52. The van der Waals surface area contributed by atoms with Crippen LogP contribution in [0.15, 0.2) is 41.1 Å². The molecule has 9 heteroatoms. The van der Waals surface area contributed by atoms with Crippen molar-refractivity contribution in [3.05, 3.63) is 48.0 Å². The summed E-state index contributed by atoms with van der Waals surface area (Å²) in [5, 5.41) is 14.8. The van der Waals surface area contributed by atoms with Gasteiger partial charge < -0.3 is 24.3 Å². The molecule has 0 aliphatic heterocycles. The number of ketones is 1. The first-order valence-corrected chi connectivity index (χ1v) is 9.10. The second-order valence-corrected chi connectivity index (χ2v) is 6.34. The maximum Gasteiger partial charge on any atom is 0.414 e. The van der Waals surface area contributed by atoms with Gasteiger partial charge in [-0.25, -0.2) is 14.6 Å². The van der Waals surface area contributed by atoms with Crippen LogP contribution in [0.4, 0.5) is 0 Å². The van der Waals surface area contributed by atoms with E-state index in [0.29, 0.717) is 23.8 Å². The molecule has 0 spiro atoms. The van der Waals surface area contributed by atoms with Crippen molar-refractivity contribution in [3.63, 3.8) is 0 Å². The minimum Gasteiger partial charge on any atom is -0.477 e. The summed E-state index contributed by atoms with van der Waals surface area (Å²) in [4.78, 5) is 36.9. The Balaban J connectivity index is 0.000000612. The lowest BCUT2D eigenvalue weighted by Crippen LogP contribution is -2.12. The van der Waals surface area contributed by atoms with Crippen LogP contribution in [-0.4, -0.2) is 65.1 Å². The molecule has 0 bridgehead atoms. The smallest absolute Gasteiger partial charge is 0.414 e. The number of nitrogens with zero attached hydrogens (tertiary/aromatic N) is 2. The number of furan rings is 1. The zero-order chi connectivity index (χ0) is 21.6. The average Bonchev–Trinajstić information content (AvgIpc) is 3.22. The fourth-order valence-electron chi connectivity index (χ4n) is 2.27. The van der Waals surface area contributed by atoms with Gasteiger partial charge in [-0.3, -0.25) is 4.79 Å². The van der Waals surface area contributed by atoms with Gasteiger partial charge >= 0.3 is 11.9 Å². The Labute approximate surface area is 168 Å². The van der Waals surface area contributed by atoms with Crippen molar-refractivity contribution >= 4 is 17.7 Å². The molecular formula is C20H26N2O7. The number of aromatic nitrogens is 1. The number of ether oxygens (including phenoxy) is 1. The number of carboxylic acid groups (broad SMARTS) is 2. The van der Waals surface area contributed by atoms with Crippen LogP contribution in [0.25, 0.3) is 0 Å². The Bertz CT molecular complexity index is 761. The molecule has 29 heavy (non-hydrogen) atoms. The number of hydrogen-bond donors (Lipinski definition) is 2. The van der Waals surface area contributed by atoms with Crippen molar-refractivity contribution in [1.29, 1.82) is 0 Å². The molecule has 2 rings (SSSR count). The summed E-state index contributed by atoms with van der Waals surface area (Å²) < 4.78 is 10.9. The van der Waals surface area contributed by atoms with Crippen LogP contribution < -0.4 is 4.74 Å². The maximum absolute atomic E-state index is 12.3. The summed E-state index contributed by atoms with van der Waals surface area (Å²) in [5.41, 5.74) is 0.440. The van der Waals surface area contributed by atoms with Gasteiger partial charge in [-0.2, -0.15) is 0 Å². The van der Waals surface area contributed by atoms with Crippen molar-refractivity contribution in [1.82, 2.24) is 9.88 Å². The summed E-state index contributed by atoms with van der Waals surface area (Å²) >= 11 is 0. The summed E-state index contributed by atoms with van der Waals surface area (Å²) in [6.45, 7) is 1.68. The van der Waals surface area contributed by atoms with E-state index in [1.807, 2.05) is 0 Å². The van der Waals surface area contributed by atoms with Gasteiger partial charge in [-0.15, -0.1) is 0 Å². The Morgan fingerprint density at radius 3 is 2.31 bits per heavy atom. The average molecular weight is 406 g/mol. The van der Waals surface area contributed by atoms with Crippen molar-refractivity contribution in [3.8, 4) is 5.88 Å². The fraction of sp³-hybridized carbons (Fsp3) is 0.400. The standard InChI is InChI=1S/C18H24N2O3.C2H2O4/c1-20(2)12-5-3-4-6-13-23-18-15(9-7-11-19-18)17(21)16-10-8-14-22-16;3-1(4)2(5)6/h7-11,14H,3-6,12-13H2,1-2H3;(H,3,4)(H,5,6). The van der Waals surface area contributed by atoms with E-state index in [4.69, 9.17) is 29.0 Å². The second kappa shape index (κ2) is 13.1. The normalized spacial score (nSPS) is 10.2. The SMILES string of the molecule is CN(C)CCCCCCOc1ncccc1C(=O)c1ccco1.O=C(O)C(=O)O. The molecule has 2 aromatic rings. The highest BCUT2D eigenvalue weighted by Gasteiger charge is 2.17. The first kappa shape index (κ1) is 23.8. The van der Waals surface area contributed by atoms with Crippen LogP contribution in [0.5, 0.6) is 5.88 Å². The van der Waals surface area contributed by atoms with Gasteiger partial charge in [0.15, 0.2) is 5.76 Å². The number of unbranched alkanes of at least 4 members (excludes halogenated alkanes) is 3. The lowest BCUT2D eigenvalue weighted by atomic mass is 10.1. The zero-order valence-electron chi connectivity index (χ0n) is 16.5. The maximum atomic E-state index is 12.3. The lowest BCUT2D eigenvalue weighted by Gasteiger charge is -2.10. The number of rotatable bonds is 10. The van der Waals surface area contributed by atoms with Gasteiger partial charge in [0.05, 0.1) is 18.4 Å². The molecule has 0 atom stereocenters. The minimum absolute atomic E-state index is 0.205. The van der Waals surface area contributed by atoms with Crippen LogP contribution in [0.3, 0.4) is 0 Å². The molecule has 0 aliphatic rings. The van der Waals surface area contributed by atoms with Crippen LogP contribution in [-0.2, 0) is 9.59 Å². The highest BCUT2D eigenvalue weighted by Crippen LogP contribution is 2.19. The molecule has 0 amide bonds. The van der Waals surface area contributed by atoms with Crippen molar-refractivity contribution in [2.24, 2.45) is 0 Å². The van der Waals surface area contributed by atoms with E-state index in [1.165, 1.54) is 19.1 Å². The topological polar surface area (TPSA) is 130 Å². The van der Waals surface area contributed by atoms with Crippen LogP contribution >= 0.6 is 0 Å². The Kier molecular flexibility index (Phi) is 10.7. The van der Waals surface area contributed by atoms with Crippen molar-refractivity contribution in [2.75, 3.05) is 27.2 Å². The lowest BCUT2D eigenvalue weighted by molar-refractivity contribution is -0.159. The van der Waals surface area contributed by atoms with Gasteiger partial charge in [-0.05, 0) is 57.7 Å². The Hall–Kier alpha value is -3.20. The largest absolute Gasteiger partial charge is 0.477 e. The molecule has 0 aliphatic carbocycles. The van der Waals surface area contributed by atoms with E-state index in [0.717, 1.165) is 19.4 Å². The van der Waals surface area contributed by atoms with Crippen molar-refractivity contribution < 1.29 is 33.8 Å². The number of carbonyl (C=O) groups excluding carboxylic acids is 1. The van der Waals surface area contributed by atoms with Gasteiger partial charge in [0, 0.05) is 6.20 Å². The second-order valence-electron chi connectivity index (χ2n) is 6.34. The van der Waals surface area contributed by atoms with Gasteiger partial charge in [0.1, 0.15) is 0 Å². The van der Waals surface area contributed by atoms with E-state index in [-0.39, 0.29) is 5.78 Å². The van der Waals surface area contributed by atoms with Crippen LogP contribution in [0.2, 0.25) is 0 Å². The summed E-state index contributed by atoms with van der Waals surface area (Å²) in [5.74, 6) is -3.18. The molecule has 2 N–H and O–H groups in total. The Morgan fingerprint density at radius 1 is 1.03 bits per heavy atom. The molecule has 2 aromatic heterocycles. The first-order chi connectivity index (χ1) is 13.8. The van der Waals surface area contributed by atoms with E-state index < -0.39 is 11.9 Å². The fourth-order valence-corrected chi connectivity index (χ4v) is 2.27.